The molecule has 2 rings (SSSR count). The summed E-state index contributed by atoms with van der Waals surface area (Å²) in [5.41, 5.74) is 1.35. The first-order valence-electron chi connectivity index (χ1n) is 10.1. The second-order valence-electron chi connectivity index (χ2n) is 7.24. The monoisotopic (exact) mass is 537 g/mol. The lowest BCUT2D eigenvalue weighted by Gasteiger charge is -2.25. The van der Waals surface area contributed by atoms with Crippen molar-refractivity contribution >= 4 is 40.0 Å². The molecule has 0 aliphatic carbocycles. The smallest absolute Gasteiger partial charge is 0.211 e. The van der Waals surface area contributed by atoms with E-state index < -0.39 is 10.0 Å². The summed E-state index contributed by atoms with van der Waals surface area (Å²) in [4.78, 5) is 6.82. The van der Waals surface area contributed by atoms with Crippen LogP contribution in [-0.2, 0) is 16.6 Å². The molecule has 9 heteroatoms. The van der Waals surface area contributed by atoms with Crippen LogP contribution in [0.15, 0.2) is 35.3 Å². The molecule has 29 heavy (non-hydrogen) atoms. The van der Waals surface area contributed by atoms with E-state index in [1.807, 2.05) is 6.92 Å². The molecule has 2 N–H and O–H groups in total. The molecule has 1 aromatic carbocycles. The molecule has 0 saturated carbocycles. The van der Waals surface area contributed by atoms with Crippen LogP contribution in [0.2, 0.25) is 0 Å². The van der Waals surface area contributed by atoms with E-state index in [2.05, 4.69) is 50.9 Å². The summed E-state index contributed by atoms with van der Waals surface area (Å²) in [6.45, 7) is 6.54. The molecule has 1 heterocycles. The van der Waals surface area contributed by atoms with E-state index >= 15 is 0 Å². The summed E-state index contributed by atoms with van der Waals surface area (Å²) < 4.78 is 24.7. The van der Waals surface area contributed by atoms with Crippen LogP contribution in [0.1, 0.15) is 31.7 Å². The van der Waals surface area contributed by atoms with Crippen LogP contribution >= 0.6 is 24.0 Å². The van der Waals surface area contributed by atoms with Crippen molar-refractivity contribution < 1.29 is 8.42 Å². The number of hydrogen-bond acceptors (Lipinski definition) is 4. The van der Waals surface area contributed by atoms with Crippen LogP contribution in [0, 0.1) is 0 Å². The number of halogens is 1. The van der Waals surface area contributed by atoms with Crippen LogP contribution in [0.3, 0.4) is 0 Å². The van der Waals surface area contributed by atoms with Gasteiger partial charge in [-0.15, -0.1) is 24.0 Å². The Bertz CT molecular complexity index is 715. The SMILES string of the molecule is CCN(CCCNC(=NC)NCC1CCCN1Cc1ccccc1)S(C)(=O)=O.I. The van der Waals surface area contributed by atoms with Crippen LogP contribution in [0.4, 0.5) is 0 Å². The van der Waals surface area contributed by atoms with Gasteiger partial charge in [-0.3, -0.25) is 9.89 Å². The predicted octanol–water partition coefficient (Wildman–Crippen LogP) is 2.11. The number of guanidine groups is 1. The third kappa shape index (κ3) is 9.18. The van der Waals surface area contributed by atoms with E-state index in [9.17, 15) is 8.42 Å². The van der Waals surface area contributed by atoms with Crippen molar-refractivity contribution in [1.29, 1.82) is 0 Å². The summed E-state index contributed by atoms with van der Waals surface area (Å²) in [5.74, 6) is 0.772. The van der Waals surface area contributed by atoms with Crippen LogP contribution in [0.25, 0.3) is 0 Å². The molecule has 0 aromatic heterocycles. The number of benzene rings is 1. The lowest BCUT2D eigenvalue weighted by molar-refractivity contribution is 0.245. The van der Waals surface area contributed by atoms with Gasteiger partial charge in [0, 0.05) is 45.8 Å². The molecule has 0 amide bonds. The lowest BCUT2D eigenvalue weighted by Crippen LogP contribution is -2.45. The molecule has 0 bridgehead atoms. The fraction of sp³-hybridized carbons (Fsp3) is 0.650. The minimum Gasteiger partial charge on any atom is -0.356 e. The van der Waals surface area contributed by atoms with Gasteiger partial charge in [0.2, 0.25) is 10.0 Å². The molecule has 1 unspecified atom stereocenters. The van der Waals surface area contributed by atoms with Crippen molar-refractivity contribution in [3.8, 4) is 0 Å². The van der Waals surface area contributed by atoms with E-state index in [1.165, 1.54) is 29.0 Å². The van der Waals surface area contributed by atoms with Crippen molar-refractivity contribution in [1.82, 2.24) is 19.8 Å². The highest BCUT2D eigenvalue weighted by molar-refractivity contribution is 14.0. The number of sulfonamides is 1. The number of nitrogens with one attached hydrogen (secondary N) is 2. The van der Waals surface area contributed by atoms with Gasteiger partial charge in [-0.05, 0) is 31.4 Å². The zero-order valence-corrected chi connectivity index (χ0v) is 20.9. The zero-order chi connectivity index (χ0) is 20.4. The van der Waals surface area contributed by atoms with Crippen molar-refractivity contribution in [3.05, 3.63) is 35.9 Å². The molecule has 166 valence electrons. The Morgan fingerprint density at radius 3 is 2.62 bits per heavy atom. The van der Waals surface area contributed by atoms with E-state index in [-0.39, 0.29) is 24.0 Å². The van der Waals surface area contributed by atoms with Crippen LogP contribution in [0.5, 0.6) is 0 Å². The first-order valence-corrected chi connectivity index (χ1v) is 12.0. The van der Waals surface area contributed by atoms with E-state index in [1.54, 1.807) is 7.05 Å². The molecular weight excluding hydrogens is 501 g/mol. The van der Waals surface area contributed by atoms with Crippen LogP contribution < -0.4 is 10.6 Å². The molecule has 0 spiro atoms. The third-order valence-corrected chi connectivity index (χ3v) is 6.53. The molecule has 1 aliphatic rings. The molecule has 1 fully saturated rings. The average molecular weight is 538 g/mol. The Balaban J connectivity index is 0.00000420. The predicted molar refractivity (Wildman–Crippen MR) is 131 cm³/mol. The summed E-state index contributed by atoms with van der Waals surface area (Å²) in [6.07, 6.45) is 4.42. The van der Waals surface area contributed by atoms with E-state index in [0.29, 0.717) is 25.7 Å². The number of rotatable bonds is 10. The van der Waals surface area contributed by atoms with Gasteiger partial charge < -0.3 is 10.6 Å². The standard InChI is InChI=1S/C20H35N5O2S.HI/c1-4-25(28(3,26)27)15-9-13-22-20(21-2)23-16-19-12-8-14-24(19)17-18-10-6-5-7-11-18;/h5-7,10-11,19H,4,8-9,12-17H2,1-3H3,(H2,21,22,23);1H. The van der Waals surface area contributed by atoms with Crippen molar-refractivity contribution in [2.24, 2.45) is 4.99 Å². The summed E-state index contributed by atoms with van der Waals surface area (Å²) in [5, 5.41) is 6.71. The normalized spacial score (nSPS) is 17.9. The molecular formula is C20H36IN5O2S. The van der Waals surface area contributed by atoms with Gasteiger partial charge in [-0.25, -0.2) is 12.7 Å². The lowest BCUT2D eigenvalue weighted by atomic mass is 10.2. The summed E-state index contributed by atoms with van der Waals surface area (Å²) >= 11 is 0. The highest BCUT2D eigenvalue weighted by Gasteiger charge is 2.24. The quantitative estimate of drug-likeness (QED) is 0.207. The van der Waals surface area contributed by atoms with Crippen LogP contribution in [-0.4, -0.2) is 75.7 Å². The molecule has 1 atom stereocenters. The molecule has 0 radical (unpaired) electrons. The summed E-state index contributed by atoms with van der Waals surface area (Å²) in [7, 11) is -1.36. The first kappa shape index (κ1) is 26.1. The Morgan fingerprint density at radius 2 is 2.00 bits per heavy atom. The molecule has 1 aliphatic heterocycles. The van der Waals surface area contributed by atoms with Crippen molar-refractivity contribution in [2.45, 2.75) is 38.8 Å². The molecule has 1 aromatic rings. The van der Waals surface area contributed by atoms with Gasteiger partial charge >= 0.3 is 0 Å². The minimum atomic E-state index is -3.12. The zero-order valence-electron chi connectivity index (χ0n) is 17.8. The fourth-order valence-electron chi connectivity index (χ4n) is 3.61. The highest BCUT2D eigenvalue weighted by atomic mass is 127. The topological polar surface area (TPSA) is 77.0 Å². The van der Waals surface area contributed by atoms with Gasteiger partial charge in [0.25, 0.3) is 0 Å². The largest absolute Gasteiger partial charge is 0.356 e. The third-order valence-electron chi connectivity index (χ3n) is 5.15. The molecule has 1 saturated heterocycles. The maximum absolute atomic E-state index is 11.6. The highest BCUT2D eigenvalue weighted by Crippen LogP contribution is 2.19. The minimum absolute atomic E-state index is 0. The van der Waals surface area contributed by atoms with E-state index in [4.69, 9.17) is 0 Å². The number of nitrogens with zero attached hydrogens (tertiary/aromatic N) is 3. The molecule has 7 nitrogen and oxygen atoms in total. The van der Waals surface area contributed by atoms with Crippen molar-refractivity contribution in [2.75, 3.05) is 46.0 Å². The van der Waals surface area contributed by atoms with Gasteiger partial charge in [-0.2, -0.15) is 0 Å². The Hall–Kier alpha value is -0.910. The fourth-order valence-corrected chi connectivity index (χ4v) is 4.54. The maximum atomic E-state index is 11.6. The Labute approximate surface area is 193 Å². The number of aliphatic imine (C=N–C) groups is 1. The number of hydrogen-bond donors (Lipinski definition) is 2. The van der Waals surface area contributed by atoms with Gasteiger partial charge in [0.1, 0.15) is 0 Å². The van der Waals surface area contributed by atoms with Gasteiger partial charge in [0.15, 0.2) is 5.96 Å². The Kier molecular flexibility index (Phi) is 12.1. The van der Waals surface area contributed by atoms with Gasteiger partial charge in [-0.1, -0.05) is 37.3 Å². The second kappa shape index (κ2) is 13.4. The summed E-state index contributed by atoms with van der Waals surface area (Å²) in [6, 6.07) is 11.1. The number of likely N-dealkylation sites (tertiary alicyclic amines) is 1. The Morgan fingerprint density at radius 1 is 1.28 bits per heavy atom. The average Bonchev–Trinajstić information content (AvgIpc) is 3.11. The first-order chi connectivity index (χ1) is 13.4. The maximum Gasteiger partial charge on any atom is 0.211 e. The second-order valence-corrected chi connectivity index (χ2v) is 9.22. The van der Waals surface area contributed by atoms with Crippen molar-refractivity contribution in [3.63, 3.8) is 0 Å². The van der Waals surface area contributed by atoms with E-state index in [0.717, 1.165) is 32.0 Å². The van der Waals surface area contributed by atoms with Gasteiger partial charge in [0.05, 0.1) is 6.26 Å².